The van der Waals surface area contributed by atoms with Gasteiger partial charge in [-0.2, -0.15) is 5.26 Å². The number of nitriles is 1. The minimum absolute atomic E-state index is 0.142. The second-order valence-electron chi connectivity index (χ2n) is 5.66. The van der Waals surface area contributed by atoms with Gasteiger partial charge in [-0.1, -0.05) is 6.58 Å². The van der Waals surface area contributed by atoms with E-state index < -0.39 is 5.97 Å². The number of hydrogen-bond acceptors (Lipinski definition) is 9. The van der Waals surface area contributed by atoms with E-state index in [4.69, 9.17) is 33.7 Å². The predicted molar refractivity (Wildman–Crippen MR) is 103 cm³/mol. The van der Waals surface area contributed by atoms with Gasteiger partial charge in [0.15, 0.2) is 0 Å². The summed E-state index contributed by atoms with van der Waals surface area (Å²) in [6.45, 7) is 9.85. The average Bonchev–Trinajstić information content (AvgIpc) is 2.69. The number of nitrogens with zero attached hydrogens (tertiary/aromatic N) is 1. The van der Waals surface area contributed by atoms with E-state index >= 15 is 0 Å². The molecule has 1 N–H and O–H groups in total. The zero-order valence-electron chi connectivity index (χ0n) is 17.1. The summed E-state index contributed by atoms with van der Waals surface area (Å²) in [5, 5.41) is 10.9. The molecule has 0 aromatic rings. The first-order valence-corrected chi connectivity index (χ1v) is 9.43. The summed E-state index contributed by atoms with van der Waals surface area (Å²) in [4.78, 5) is 22.1. The molecule has 0 saturated carbocycles. The summed E-state index contributed by atoms with van der Waals surface area (Å²) in [6, 6.07) is 1.77. The van der Waals surface area contributed by atoms with Crippen molar-refractivity contribution in [3.8, 4) is 6.07 Å². The highest BCUT2D eigenvalue weighted by Gasteiger charge is 2.01. The molecule has 0 saturated heterocycles. The molecule has 0 fully saturated rings. The van der Waals surface area contributed by atoms with Gasteiger partial charge in [0.2, 0.25) is 5.91 Å². The Labute approximate surface area is 172 Å². The van der Waals surface area contributed by atoms with Crippen LogP contribution in [0.25, 0.3) is 0 Å². The molecule has 166 valence electrons. The Morgan fingerprint density at radius 1 is 0.793 bits per heavy atom. The number of amides is 1. The van der Waals surface area contributed by atoms with E-state index in [9.17, 15) is 9.59 Å². The number of carbonyl (C=O) groups is 2. The molecular weight excluding hydrogens is 384 g/mol. The van der Waals surface area contributed by atoms with Crippen LogP contribution in [0.2, 0.25) is 0 Å². The van der Waals surface area contributed by atoms with Crippen LogP contribution in [0, 0.1) is 11.3 Å². The highest BCUT2D eigenvalue weighted by Crippen LogP contribution is 1.91. The number of ether oxygens (including phenoxy) is 6. The molecule has 0 heterocycles. The SMILES string of the molecule is C=C(C)C(=O)OCCOCCOCCOCCOCCOCCNC(=O)CC#N. The summed E-state index contributed by atoms with van der Waals surface area (Å²) in [6.07, 6.45) is -0.142. The highest BCUT2D eigenvalue weighted by molar-refractivity contribution is 5.86. The lowest BCUT2D eigenvalue weighted by Gasteiger charge is -2.08. The van der Waals surface area contributed by atoms with Crippen LogP contribution in [0.15, 0.2) is 12.2 Å². The fourth-order valence-corrected chi connectivity index (χ4v) is 1.70. The molecular formula is C19H32N2O8. The van der Waals surface area contributed by atoms with Gasteiger partial charge in [0.05, 0.1) is 72.1 Å². The number of carbonyl (C=O) groups excluding carboxylic acids is 2. The lowest BCUT2D eigenvalue weighted by Crippen LogP contribution is -2.27. The lowest BCUT2D eigenvalue weighted by molar-refractivity contribution is -0.140. The second kappa shape index (κ2) is 20.7. The predicted octanol–water partition coefficient (Wildman–Crippen LogP) is 0.219. The zero-order chi connectivity index (χ0) is 21.6. The Bertz CT molecular complexity index is 493. The standard InChI is InChI=1S/C19H32N2O8/c1-17(2)19(23)29-16-15-28-14-13-27-12-11-26-10-9-25-8-7-24-6-5-21-18(22)3-4-20/h1,3,5-16H2,2H3,(H,21,22). The molecule has 10 heteroatoms. The van der Waals surface area contributed by atoms with E-state index in [1.807, 2.05) is 0 Å². The normalized spacial score (nSPS) is 10.3. The van der Waals surface area contributed by atoms with Gasteiger partial charge in [0.1, 0.15) is 13.0 Å². The molecule has 0 aromatic carbocycles. The number of esters is 1. The van der Waals surface area contributed by atoms with Gasteiger partial charge in [-0.3, -0.25) is 4.79 Å². The van der Waals surface area contributed by atoms with E-state index in [0.717, 1.165) is 0 Å². The van der Waals surface area contributed by atoms with Crippen molar-refractivity contribution in [2.24, 2.45) is 0 Å². The van der Waals surface area contributed by atoms with Crippen LogP contribution in [0.3, 0.4) is 0 Å². The largest absolute Gasteiger partial charge is 0.460 e. The van der Waals surface area contributed by atoms with Crippen molar-refractivity contribution in [2.75, 3.05) is 79.2 Å². The molecule has 0 aliphatic rings. The smallest absolute Gasteiger partial charge is 0.333 e. The van der Waals surface area contributed by atoms with E-state index in [1.54, 1.807) is 13.0 Å². The van der Waals surface area contributed by atoms with Gasteiger partial charge in [0, 0.05) is 12.1 Å². The van der Waals surface area contributed by atoms with Crippen LogP contribution < -0.4 is 5.32 Å². The van der Waals surface area contributed by atoms with Crippen LogP contribution >= 0.6 is 0 Å². The highest BCUT2D eigenvalue weighted by atomic mass is 16.6. The van der Waals surface area contributed by atoms with Crippen molar-refractivity contribution in [3.63, 3.8) is 0 Å². The molecule has 0 bridgehead atoms. The van der Waals surface area contributed by atoms with Crippen molar-refractivity contribution in [3.05, 3.63) is 12.2 Å². The summed E-state index contributed by atoms with van der Waals surface area (Å²) in [5.41, 5.74) is 0.364. The molecule has 0 radical (unpaired) electrons. The molecule has 0 aliphatic heterocycles. The molecule has 0 rings (SSSR count). The van der Waals surface area contributed by atoms with E-state index in [1.165, 1.54) is 0 Å². The van der Waals surface area contributed by atoms with Crippen LogP contribution in [-0.4, -0.2) is 91.1 Å². The first-order chi connectivity index (χ1) is 14.1. The fraction of sp³-hybridized carbons (Fsp3) is 0.737. The Morgan fingerprint density at radius 3 is 1.62 bits per heavy atom. The van der Waals surface area contributed by atoms with Crippen LogP contribution in [0.5, 0.6) is 0 Å². The third-order valence-corrected chi connectivity index (χ3v) is 3.11. The first kappa shape index (κ1) is 27.0. The van der Waals surface area contributed by atoms with Gasteiger partial charge in [-0.25, -0.2) is 4.79 Å². The Balaban J connectivity index is 3.12. The Hall–Kier alpha value is -2.03. The third-order valence-electron chi connectivity index (χ3n) is 3.11. The Morgan fingerprint density at radius 2 is 1.21 bits per heavy atom. The van der Waals surface area contributed by atoms with Crippen LogP contribution in [0.1, 0.15) is 13.3 Å². The lowest BCUT2D eigenvalue weighted by atomic mass is 10.4. The van der Waals surface area contributed by atoms with E-state index in [0.29, 0.717) is 78.2 Å². The topological polar surface area (TPSA) is 125 Å². The van der Waals surface area contributed by atoms with Crippen molar-refractivity contribution in [2.45, 2.75) is 13.3 Å². The zero-order valence-corrected chi connectivity index (χ0v) is 17.1. The van der Waals surface area contributed by atoms with Gasteiger partial charge in [-0.15, -0.1) is 0 Å². The molecule has 0 atom stereocenters. The molecule has 29 heavy (non-hydrogen) atoms. The van der Waals surface area contributed by atoms with Gasteiger partial charge >= 0.3 is 5.97 Å². The Kier molecular flexibility index (Phi) is 19.2. The quantitative estimate of drug-likeness (QED) is 0.168. The summed E-state index contributed by atoms with van der Waals surface area (Å²) < 4.78 is 31.4. The van der Waals surface area contributed by atoms with Gasteiger partial charge < -0.3 is 33.7 Å². The molecule has 10 nitrogen and oxygen atoms in total. The maximum Gasteiger partial charge on any atom is 0.333 e. The first-order valence-electron chi connectivity index (χ1n) is 9.43. The molecule has 0 aliphatic carbocycles. The average molecular weight is 416 g/mol. The maximum atomic E-state index is 11.1. The summed E-state index contributed by atoms with van der Waals surface area (Å²) in [5.74, 6) is -0.723. The third kappa shape index (κ3) is 20.5. The minimum atomic E-state index is -0.420. The number of hydrogen-bond donors (Lipinski definition) is 1. The summed E-state index contributed by atoms with van der Waals surface area (Å²) in [7, 11) is 0. The van der Waals surface area contributed by atoms with Crippen LogP contribution in [-0.2, 0) is 38.0 Å². The van der Waals surface area contributed by atoms with E-state index in [-0.39, 0.29) is 18.9 Å². The minimum Gasteiger partial charge on any atom is -0.460 e. The molecule has 0 spiro atoms. The van der Waals surface area contributed by atoms with Crippen molar-refractivity contribution >= 4 is 11.9 Å². The van der Waals surface area contributed by atoms with Gasteiger partial charge in [-0.05, 0) is 6.92 Å². The maximum absolute atomic E-state index is 11.1. The fourth-order valence-electron chi connectivity index (χ4n) is 1.70. The molecule has 0 aromatic heterocycles. The number of nitrogens with one attached hydrogen (secondary N) is 1. The monoisotopic (exact) mass is 416 g/mol. The summed E-state index contributed by atoms with van der Waals surface area (Å²) >= 11 is 0. The van der Waals surface area contributed by atoms with Gasteiger partial charge in [0.25, 0.3) is 0 Å². The van der Waals surface area contributed by atoms with Crippen molar-refractivity contribution < 1.29 is 38.0 Å². The van der Waals surface area contributed by atoms with E-state index in [2.05, 4.69) is 11.9 Å². The molecule has 1 amide bonds. The van der Waals surface area contributed by atoms with Crippen molar-refractivity contribution in [1.29, 1.82) is 5.26 Å². The van der Waals surface area contributed by atoms with Crippen molar-refractivity contribution in [1.82, 2.24) is 5.32 Å². The number of rotatable bonds is 20. The molecule has 0 unspecified atom stereocenters. The van der Waals surface area contributed by atoms with Crippen LogP contribution in [0.4, 0.5) is 0 Å². The second-order valence-corrected chi connectivity index (χ2v) is 5.66.